The Bertz CT molecular complexity index is 1100. The molecule has 4 rings (SSSR count). The van der Waals surface area contributed by atoms with Crippen LogP contribution >= 0.6 is 0 Å². The van der Waals surface area contributed by atoms with Crippen LogP contribution in [0.3, 0.4) is 0 Å². The normalized spacial score (nSPS) is 19.3. The lowest BCUT2D eigenvalue weighted by molar-refractivity contribution is 0.135. The molecule has 1 saturated heterocycles. The number of nitrogens with one attached hydrogen (secondary N) is 1. The van der Waals surface area contributed by atoms with E-state index in [0.29, 0.717) is 11.5 Å². The fourth-order valence-electron chi connectivity index (χ4n) is 4.51. The lowest BCUT2D eigenvalue weighted by Gasteiger charge is -2.37. The molecule has 30 heavy (non-hydrogen) atoms. The van der Waals surface area contributed by atoms with Gasteiger partial charge in [-0.1, -0.05) is 32.0 Å². The smallest absolute Gasteiger partial charge is 0.253 e. The summed E-state index contributed by atoms with van der Waals surface area (Å²) in [5.74, 6) is 1.32. The van der Waals surface area contributed by atoms with Crippen molar-refractivity contribution in [2.24, 2.45) is 5.92 Å². The number of aryl methyl sites for hydroxylation is 1. The molecule has 7 heteroatoms. The number of pyridine rings is 1. The number of hydrogen-bond donors (Lipinski definition) is 1. The average molecular weight is 409 g/mol. The molecule has 0 unspecified atom stereocenters. The zero-order chi connectivity index (χ0) is 21.5. The van der Waals surface area contributed by atoms with E-state index in [-0.39, 0.29) is 17.1 Å². The molecule has 1 N–H and O–H groups in total. The van der Waals surface area contributed by atoms with Gasteiger partial charge in [-0.05, 0) is 79.9 Å². The highest BCUT2D eigenvalue weighted by Crippen LogP contribution is 2.33. The molecule has 1 aliphatic heterocycles. The van der Waals surface area contributed by atoms with Gasteiger partial charge in [0, 0.05) is 12.1 Å². The van der Waals surface area contributed by atoms with Crippen LogP contribution in [0.15, 0.2) is 29.1 Å². The van der Waals surface area contributed by atoms with E-state index in [1.807, 2.05) is 29.8 Å². The quantitative estimate of drug-likeness (QED) is 0.695. The number of para-hydroxylation sites is 1. The number of fused-ring (bicyclic) bond motifs is 1. The number of aromatic nitrogens is 5. The van der Waals surface area contributed by atoms with Gasteiger partial charge in [0.05, 0.1) is 11.1 Å². The lowest BCUT2D eigenvalue weighted by atomic mass is 9.94. The van der Waals surface area contributed by atoms with E-state index in [0.717, 1.165) is 48.2 Å². The SMILES string of the molecule is CCC(C)(C)n1nnnc1[C@H](c1cc2cccc(C)c2[nH]c1=O)N1CCC[C@H](C)C1. The molecule has 0 amide bonds. The molecule has 2 aromatic heterocycles. The Kier molecular flexibility index (Phi) is 5.49. The molecule has 0 aliphatic carbocycles. The van der Waals surface area contributed by atoms with E-state index in [9.17, 15) is 4.79 Å². The Morgan fingerprint density at radius 2 is 2.13 bits per heavy atom. The van der Waals surface area contributed by atoms with E-state index in [1.54, 1.807) is 0 Å². The highest BCUT2D eigenvalue weighted by molar-refractivity contribution is 5.82. The molecule has 3 aromatic rings. The lowest BCUT2D eigenvalue weighted by Crippen LogP contribution is -2.42. The van der Waals surface area contributed by atoms with Gasteiger partial charge in [0.2, 0.25) is 0 Å². The molecule has 7 nitrogen and oxygen atoms in total. The van der Waals surface area contributed by atoms with Gasteiger partial charge >= 0.3 is 0 Å². The van der Waals surface area contributed by atoms with Crippen LogP contribution in [0.2, 0.25) is 0 Å². The summed E-state index contributed by atoms with van der Waals surface area (Å²) in [6.07, 6.45) is 3.21. The monoisotopic (exact) mass is 408 g/mol. The van der Waals surface area contributed by atoms with Gasteiger partial charge in [0.25, 0.3) is 5.56 Å². The van der Waals surface area contributed by atoms with Gasteiger partial charge in [0.1, 0.15) is 6.04 Å². The fraction of sp³-hybridized carbons (Fsp3) is 0.565. The Balaban J connectivity index is 1.92. The number of likely N-dealkylation sites (tertiary alicyclic amines) is 1. The zero-order valence-electron chi connectivity index (χ0n) is 18.6. The second-order valence-corrected chi connectivity index (χ2v) is 9.35. The van der Waals surface area contributed by atoms with Crippen LogP contribution in [0.4, 0.5) is 0 Å². The first-order valence-electron chi connectivity index (χ1n) is 11.0. The number of nitrogens with zero attached hydrogens (tertiary/aromatic N) is 5. The van der Waals surface area contributed by atoms with E-state index < -0.39 is 0 Å². The van der Waals surface area contributed by atoms with E-state index in [4.69, 9.17) is 0 Å². The first-order valence-corrected chi connectivity index (χ1v) is 11.0. The number of rotatable bonds is 5. The molecule has 0 radical (unpaired) electrons. The second kappa shape index (κ2) is 7.95. The van der Waals surface area contributed by atoms with Gasteiger partial charge < -0.3 is 4.98 Å². The Labute approximate surface area is 177 Å². The molecule has 0 saturated carbocycles. The van der Waals surface area contributed by atoms with Gasteiger partial charge in [-0.2, -0.15) is 0 Å². The molecule has 0 spiro atoms. The van der Waals surface area contributed by atoms with Gasteiger partial charge in [-0.15, -0.1) is 5.10 Å². The molecule has 3 heterocycles. The summed E-state index contributed by atoms with van der Waals surface area (Å²) in [5, 5.41) is 13.9. The summed E-state index contributed by atoms with van der Waals surface area (Å²) in [7, 11) is 0. The van der Waals surface area contributed by atoms with E-state index >= 15 is 0 Å². The first kappa shape index (κ1) is 20.7. The maximum absolute atomic E-state index is 13.3. The minimum Gasteiger partial charge on any atom is -0.321 e. The topological polar surface area (TPSA) is 79.7 Å². The molecule has 1 aliphatic rings. The maximum Gasteiger partial charge on any atom is 0.253 e. The van der Waals surface area contributed by atoms with Crippen LogP contribution in [0.1, 0.15) is 70.0 Å². The second-order valence-electron chi connectivity index (χ2n) is 9.35. The third-order valence-electron chi connectivity index (χ3n) is 6.64. The Morgan fingerprint density at radius 1 is 1.33 bits per heavy atom. The summed E-state index contributed by atoms with van der Waals surface area (Å²) < 4.78 is 1.91. The van der Waals surface area contributed by atoms with Crippen molar-refractivity contribution < 1.29 is 0 Å². The average Bonchev–Trinajstić information content (AvgIpc) is 3.20. The standard InChI is InChI=1S/C23H32N6O/c1-6-23(4,5)29-21(25-26-27-29)20(28-12-8-9-15(2)14-28)18-13-17-11-7-10-16(3)19(17)24-22(18)30/h7,10-11,13,15,20H,6,8-9,12,14H2,1-5H3,(H,24,30)/t15-,20-/m0/s1. The highest BCUT2D eigenvalue weighted by Gasteiger charge is 2.35. The van der Waals surface area contributed by atoms with Crippen molar-refractivity contribution in [2.75, 3.05) is 13.1 Å². The van der Waals surface area contributed by atoms with Crippen LogP contribution in [0.5, 0.6) is 0 Å². The molecular formula is C23H32N6O. The summed E-state index contributed by atoms with van der Waals surface area (Å²) in [6.45, 7) is 12.6. The zero-order valence-corrected chi connectivity index (χ0v) is 18.6. The van der Waals surface area contributed by atoms with Crippen molar-refractivity contribution in [2.45, 2.75) is 65.5 Å². The van der Waals surface area contributed by atoms with Crippen molar-refractivity contribution in [3.05, 3.63) is 51.6 Å². The van der Waals surface area contributed by atoms with Gasteiger partial charge in [-0.25, -0.2) is 4.68 Å². The molecular weight excluding hydrogens is 376 g/mol. The summed E-state index contributed by atoms with van der Waals surface area (Å²) in [6, 6.07) is 7.86. The number of tetrazole rings is 1. The third kappa shape index (κ3) is 3.67. The Morgan fingerprint density at radius 3 is 2.87 bits per heavy atom. The van der Waals surface area contributed by atoms with Crippen LogP contribution in [0, 0.1) is 12.8 Å². The van der Waals surface area contributed by atoms with Crippen molar-refractivity contribution in [3.8, 4) is 0 Å². The van der Waals surface area contributed by atoms with Crippen LogP contribution in [-0.2, 0) is 5.54 Å². The number of benzene rings is 1. The van der Waals surface area contributed by atoms with Gasteiger partial charge in [-0.3, -0.25) is 9.69 Å². The molecule has 0 bridgehead atoms. The number of hydrogen-bond acceptors (Lipinski definition) is 5. The predicted octanol–water partition coefficient (Wildman–Crippen LogP) is 3.79. The summed E-state index contributed by atoms with van der Waals surface area (Å²) in [4.78, 5) is 18.8. The number of piperidine rings is 1. The van der Waals surface area contributed by atoms with E-state index in [1.165, 1.54) is 6.42 Å². The minimum absolute atomic E-state index is 0.0659. The highest BCUT2D eigenvalue weighted by atomic mass is 16.1. The first-order chi connectivity index (χ1) is 14.3. The third-order valence-corrected chi connectivity index (χ3v) is 6.64. The number of H-pyrrole nitrogens is 1. The molecule has 2 atom stereocenters. The van der Waals surface area contributed by atoms with Crippen molar-refractivity contribution in [3.63, 3.8) is 0 Å². The largest absolute Gasteiger partial charge is 0.321 e. The van der Waals surface area contributed by atoms with Crippen molar-refractivity contribution in [1.82, 2.24) is 30.1 Å². The molecule has 1 aromatic carbocycles. The Hall–Kier alpha value is -2.54. The summed E-state index contributed by atoms with van der Waals surface area (Å²) in [5.41, 5.74) is 2.37. The molecule has 160 valence electrons. The summed E-state index contributed by atoms with van der Waals surface area (Å²) >= 11 is 0. The predicted molar refractivity (Wildman–Crippen MR) is 119 cm³/mol. The van der Waals surface area contributed by atoms with E-state index in [2.05, 4.69) is 59.2 Å². The van der Waals surface area contributed by atoms with Gasteiger partial charge in [0.15, 0.2) is 5.82 Å². The van der Waals surface area contributed by atoms with Crippen LogP contribution in [0.25, 0.3) is 10.9 Å². The maximum atomic E-state index is 13.3. The number of aromatic amines is 1. The fourth-order valence-corrected chi connectivity index (χ4v) is 4.51. The minimum atomic E-state index is -0.276. The van der Waals surface area contributed by atoms with Crippen LogP contribution in [-0.4, -0.2) is 43.2 Å². The van der Waals surface area contributed by atoms with Crippen molar-refractivity contribution in [1.29, 1.82) is 0 Å². The van der Waals surface area contributed by atoms with Crippen molar-refractivity contribution >= 4 is 10.9 Å². The van der Waals surface area contributed by atoms with Crippen LogP contribution < -0.4 is 5.56 Å². The molecule has 1 fully saturated rings.